The first kappa shape index (κ1) is 19.1. The lowest BCUT2D eigenvalue weighted by Gasteiger charge is -2.26. The molecule has 0 spiro atoms. The summed E-state index contributed by atoms with van der Waals surface area (Å²) in [6.07, 6.45) is 0.746. The van der Waals surface area contributed by atoms with Crippen LogP contribution >= 0.6 is 0 Å². The fraction of sp³-hybridized carbons (Fsp3) is 0.154. The molecular formula is C26H21NO4. The van der Waals surface area contributed by atoms with Crippen LogP contribution < -0.4 is 9.64 Å². The highest BCUT2D eigenvalue weighted by Gasteiger charge is 2.47. The van der Waals surface area contributed by atoms with Crippen LogP contribution in [0.4, 0.5) is 5.69 Å². The molecule has 0 bridgehead atoms. The molecule has 3 aromatic rings. The molecule has 1 N–H and O–H groups in total. The van der Waals surface area contributed by atoms with E-state index in [9.17, 15) is 14.7 Å². The third-order valence-corrected chi connectivity index (χ3v) is 5.92. The van der Waals surface area contributed by atoms with Crippen LogP contribution in [0, 0.1) is 6.92 Å². The molecule has 1 fully saturated rings. The summed E-state index contributed by atoms with van der Waals surface area (Å²) in [4.78, 5) is 27.8. The molecule has 3 aromatic carbocycles. The number of Topliss-reactive ketones (excluding diaryl/α,β-unsaturated/α-hetero) is 1. The lowest BCUT2D eigenvalue weighted by molar-refractivity contribution is -0.132. The number of hydrogen-bond donors (Lipinski definition) is 1. The molecule has 1 atom stereocenters. The molecule has 5 rings (SSSR count). The number of carbonyl (C=O) groups is 2. The second-order valence-electron chi connectivity index (χ2n) is 7.78. The maximum Gasteiger partial charge on any atom is 0.300 e. The molecule has 1 unspecified atom stereocenters. The fourth-order valence-electron chi connectivity index (χ4n) is 4.36. The van der Waals surface area contributed by atoms with E-state index in [0.29, 0.717) is 17.9 Å². The summed E-state index contributed by atoms with van der Waals surface area (Å²) >= 11 is 0. The van der Waals surface area contributed by atoms with Crippen molar-refractivity contribution in [3.8, 4) is 5.75 Å². The highest BCUT2D eigenvalue weighted by atomic mass is 16.5. The summed E-state index contributed by atoms with van der Waals surface area (Å²) in [5.41, 5.74) is 3.93. The van der Waals surface area contributed by atoms with E-state index in [1.165, 1.54) is 4.90 Å². The molecule has 0 aromatic heterocycles. The zero-order valence-electron chi connectivity index (χ0n) is 17.0. The minimum atomic E-state index is -0.715. The Bertz CT molecular complexity index is 1230. The number of fused-ring (bicyclic) bond motifs is 1. The van der Waals surface area contributed by atoms with E-state index in [-0.39, 0.29) is 11.3 Å². The maximum absolute atomic E-state index is 13.2. The predicted octanol–water partition coefficient (Wildman–Crippen LogP) is 4.56. The Morgan fingerprint density at radius 3 is 2.52 bits per heavy atom. The summed E-state index contributed by atoms with van der Waals surface area (Å²) in [7, 11) is 0. The number of anilines is 1. The van der Waals surface area contributed by atoms with Gasteiger partial charge in [-0.3, -0.25) is 14.5 Å². The van der Waals surface area contributed by atoms with Gasteiger partial charge in [-0.05, 0) is 53.9 Å². The van der Waals surface area contributed by atoms with Gasteiger partial charge in [0.1, 0.15) is 11.5 Å². The summed E-state index contributed by atoms with van der Waals surface area (Å²) in [6, 6.07) is 21.4. The smallest absolute Gasteiger partial charge is 0.300 e. The van der Waals surface area contributed by atoms with Gasteiger partial charge in [-0.1, -0.05) is 42.5 Å². The Labute approximate surface area is 180 Å². The standard InChI is InChI=1S/C26H21NO4/c1-16-7-5-6-10-20(16)23-22(24(28)18-11-12-21-17(15-18)13-14-31-21)25(29)26(30)27(23)19-8-3-2-4-9-19/h2-12,15,23,28H,13-14H2,1H3/b24-22+. The van der Waals surface area contributed by atoms with E-state index in [1.54, 1.807) is 24.3 Å². The molecule has 2 heterocycles. The van der Waals surface area contributed by atoms with Gasteiger partial charge in [0.2, 0.25) is 0 Å². The number of aliphatic hydroxyl groups is 1. The topological polar surface area (TPSA) is 66.8 Å². The van der Waals surface area contributed by atoms with Crippen LogP contribution in [-0.2, 0) is 16.0 Å². The van der Waals surface area contributed by atoms with Crippen LogP contribution in [0.3, 0.4) is 0 Å². The van der Waals surface area contributed by atoms with Crippen LogP contribution in [0.15, 0.2) is 78.4 Å². The number of rotatable bonds is 3. The largest absolute Gasteiger partial charge is 0.507 e. The number of para-hydroxylation sites is 1. The number of hydrogen-bond acceptors (Lipinski definition) is 4. The van der Waals surface area contributed by atoms with Gasteiger partial charge in [0.05, 0.1) is 18.2 Å². The van der Waals surface area contributed by atoms with Crippen molar-refractivity contribution in [1.82, 2.24) is 0 Å². The van der Waals surface area contributed by atoms with Crippen LogP contribution in [-0.4, -0.2) is 23.4 Å². The van der Waals surface area contributed by atoms with Crippen LogP contribution in [0.5, 0.6) is 5.75 Å². The van der Waals surface area contributed by atoms with Crippen molar-refractivity contribution in [3.05, 3.63) is 101 Å². The van der Waals surface area contributed by atoms with Gasteiger partial charge in [-0.2, -0.15) is 0 Å². The number of ketones is 1. The lowest BCUT2D eigenvalue weighted by Crippen LogP contribution is -2.29. The summed E-state index contributed by atoms with van der Waals surface area (Å²) in [5, 5.41) is 11.3. The minimum Gasteiger partial charge on any atom is -0.507 e. The number of aryl methyl sites for hydroxylation is 1. The van der Waals surface area contributed by atoms with Gasteiger partial charge in [0, 0.05) is 17.7 Å². The van der Waals surface area contributed by atoms with Gasteiger partial charge >= 0.3 is 0 Å². The van der Waals surface area contributed by atoms with Crippen molar-refractivity contribution in [3.63, 3.8) is 0 Å². The van der Waals surface area contributed by atoms with Crippen molar-refractivity contribution >= 4 is 23.1 Å². The summed E-state index contributed by atoms with van der Waals surface area (Å²) in [5.74, 6) is -0.715. The molecule has 2 aliphatic rings. The zero-order chi connectivity index (χ0) is 21.5. The van der Waals surface area contributed by atoms with Gasteiger partial charge in [-0.25, -0.2) is 0 Å². The van der Waals surface area contributed by atoms with Gasteiger partial charge < -0.3 is 9.84 Å². The molecule has 1 saturated heterocycles. The van der Waals surface area contributed by atoms with Crippen LogP contribution in [0.2, 0.25) is 0 Å². The average molecular weight is 411 g/mol. The first-order valence-corrected chi connectivity index (χ1v) is 10.2. The number of ether oxygens (including phenoxy) is 1. The Kier molecular flexibility index (Phi) is 4.59. The molecule has 0 saturated carbocycles. The number of benzene rings is 3. The van der Waals surface area contributed by atoms with E-state index in [4.69, 9.17) is 4.74 Å². The first-order chi connectivity index (χ1) is 15.1. The Balaban J connectivity index is 1.73. The Morgan fingerprint density at radius 2 is 1.74 bits per heavy atom. The highest BCUT2D eigenvalue weighted by molar-refractivity contribution is 6.51. The number of amides is 1. The summed E-state index contributed by atoms with van der Waals surface area (Å²) in [6.45, 7) is 2.54. The van der Waals surface area contributed by atoms with Crippen molar-refractivity contribution in [2.75, 3.05) is 11.5 Å². The van der Waals surface area contributed by atoms with E-state index in [2.05, 4.69) is 0 Å². The molecular weight excluding hydrogens is 390 g/mol. The van der Waals surface area contributed by atoms with E-state index < -0.39 is 17.7 Å². The molecule has 1 amide bonds. The molecule has 0 aliphatic carbocycles. The lowest BCUT2D eigenvalue weighted by atomic mass is 9.92. The monoisotopic (exact) mass is 411 g/mol. The van der Waals surface area contributed by atoms with E-state index in [0.717, 1.165) is 28.9 Å². The van der Waals surface area contributed by atoms with Crippen molar-refractivity contribution in [2.24, 2.45) is 0 Å². The first-order valence-electron chi connectivity index (χ1n) is 10.2. The fourth-order valence-corrected chi connectivity index (χ4v) is 4.36. The van der Waals surface area contributed by atoms with Crippen molar-refractivity contribution < 1.29 is 19.4 Å². The number of nitrogens with zero attached hydrogens (tertiary/aromatic N) is 1. The SMILES string of the molecule is Cc1ccccc1C1/C(=C(\O)c2ccc3c(c2)CCO3)C(=O)C(=O)N1c1ccccc1. The van der Waals surface area contributed by atoms with Crippen molar-refractivity contribution in [1.29, 1.82) is 0 Å². The summed E-state index contributed by atoms with van der Waals surface area (Å²) < 4.78 is 5.55. The van der Waals surface area contributed by atoms with E-state index in [1.807, 2.05) is 55.5 Å². The predicted molar refractivity (Wildman–Crippen MR) is 118 cm³/mol. The third-order valence-electron chi connectivity index (χ3n) is 5.92. The van der Waals surface area contributed by atoms with E-state index >= 15 is 0 Å². The highest BCUT2D eigenvalue weighted by Crippen LogP contribution is 2.43. The molecule has 2 aliphatic heterocycles. The Hall–Kier alpha value is -3.86. The minimum absolute atomic E-state index is 0.0991. The maximum atomic E-state index is 13.2. The molecule has 0 radical (unpaired) electrons. The molecule has 154 valence electrons. The van der Waals surface area contributed by atoms with Crippen molar-refractivity contribution in [2.45, 2.75) is 19.4 Å². The Morgan fingerprint density at radius 1 is 1.00 bits per heavy atom. The quantitative estimate of drug-likeness (QED) is 0.390. The average Bonchev–Trinajstić information content (AvgIpc) is 3.36. The molecule has 5 nitrogen and oxygen atoms in total. The van der Waals surface area contributed by atoms with Gasteiger partial charge in [0.15, 0.2) is 0 Å². The van der Waals surface area contributed by atoms with Gasteiger partial charge in [-0.15, -0.1) is 0 Å². The number of aliphatic hydroxyl groups excluding tert-OH is 1. The zero-order valence-corrected chi connectivity index (χ0v) is 17.0. The normalized spacial score (nSPS) is 19.4. The second-order valence-corrected chi connectivity index (χ2v) is 7.78. The van der Waals surface area contributed by atoms with Crippen LogP contribution in [0.1, 0.15) is 28.3 Å². The molecule has 5 heteroatoms. The van der Waals surface area contributed by atoms with Gasteiger partial charge in [0.25, 0.3) is 11.7 Å². The third kappa shape index (κ3) is 3.10. The van der Waals surface area contributed by atoms with Crippen LogP contribution in [0.25, 0.3) is 5.76 Å². The molecule has 31 heavy (non-hydrogen) atoms. The number of carbonyl (C=O) groups excluding carboxylic acids is 2. The second kappa shape index (κ2) is 7.43.